The van der Waals surface area contributed by atoms with Crippen LogP contribution in [0.5, 0.6) is 5.75 Å². The lowest BCUT2D eigenvalue weighted by molar-refractivity contribution is -0.138. The molecule has 0 saturated heterocycles. The molecule has 0 atom stereocenters. The van der Waals surface area contributed by atoms with Gasteiger partial charge in [-0.2, -0.15) is 0 Å². The van der Waals surface area contributed by atoms with Crippen LogP contribution in [0.15, 0.2) is 22.7 Å². The lowest BCUT2D eigenvalue weighted by Crippen LogP contribution is -2.42. The number of hydrogen-bond acceptors (Lipinski definition) is 3. The zero-order valence-corrected chi connectivity index (χ0v) is 12.5. The third kappa shape index (κ3) is 3.30. The smallest absolute Gasteiger partial charge is 0.323 e. The largest absolute Gasteiger partial charge is 0.507 e. The van der Waals surface area contributed by atoms with Crippen molar-refractivity contribution < 1.29 is 19.8 Å². The number of halogens is 1. The Hall–Kier alpha value is -1.56. The zero-order valence-electron chi connectivity index (χ0n) is 10.9. The number of aliphatic carboxylic acids is 1. The second kappa shape index (κ2) is 6.26. The molecule has 0 spiro atoms. The van der Waals surface area contributed by atoms with Gasteiger partial charge in [0.15, 0.2) is 0 Å². The van der Waals surface area contributed by atoms with E-state index >= 15 is 0 Å². The number of phenols is 1. The second-order valence-electron chi connectivity index (χ2n) is 4.93. The van der Waals surface area contributed by atoms with Gasteiger partial charge in [-0.1, -0.05) is 28.8 Å². The molecule has 0 aliphatic heterocycles. The van der Waals surface area contributed by atoms with Crippen LogP contribution in [0.25, 0.3) is 0 Å². The first-order valence-corrected chi connectivity index (χ1v) is 7.29. The van der Waals surface area contributed by atoms with E-state index in [-0.39, 0.29) is 23.9 Å². The van der Waals surface area contributed by atoms with E-state index in [9.17, 15) is 14.7 Å². The van der Waals surface area contributed by atoms with Crippen molar-refractivity contribution in [3.63, 3.8) is 0 Å². The first-order chi connectivity index (χ1) is 9.49. The lowest BCUT2D eigenvalue weighted by atomic mass is 10.1. The summed E-state index contributed by atoms with van der Waals surface area (Å²) in [6, 6.07) is 4.54. The van der Waals surface area contributed by atoms with E-state index < -0.39 is 11.9 Å². The number of nitrogens with zero attached hydrogens (tertiary/aromatic N) is 1. The number of phenolic OH excluding ortho intramolecular Hbond substituents is 1. The number of benzene rings is 1. The van der Waals surface area contributed by atoms with Gasteiger partial charge in [0.1, 0.15) is 12.3 Å². The van der Waals surface area contributed by atoms with Gasteiger partial charge in [0.25, 0.3) is 5.91 Å². The van der Waals surface area contributed by atoms with Gasteiger partial charge in [0.2, 0.25) is 0 Å². The van der Waals surface area contributed by atoms with E-state index in [4.69, 9.17) is 5.11 Å². The molecular formula is C14H16BrNO4. The van der Waals surface area contributed by atoms with E-state index in [0.29, 0.717) is 4.47 Å². The summed E-state index contributed by atoms with van der Waals surface area (Å²) in [4.78, 5) is 24.8. The Labute approximate surface area is 125 Å². The average Bonchev–Trinajstić information content (AvgIpc) is 2.88. The van der Waals surface area contributed by atoms with Crippen LogP contribution in [0.1, 0.15) is 36.0 Å². The summed E-state index contributed by atoms with van der Waals surface area (Å²) in [5.41, 5.74) is 0.140. The van der Waals surface area contributed by atoms with Crippen LogP contribution >= 0.6 is 15.9 Å². The zero-order chi connectivity index (χ0) is 14.7. The maximum Gasteiger partial charge on any atom is 0.323 e. The number of hydrogen-bond donors (Lipinski definition) is 2. The van der Waals surface area contributed by atoms with Gasteiger partial charge in [0, 0.05) is 10.5 Å². The highest BCUT2D eigenvalue weighted by atomic mass is 79.9. The third-order valence-electron chi connectivity index (χ3n) is 3.52. The number of aromatic hydroxyl groups is 1. The summed E-state index contributed by atoms with van der Waals surface area (Å²) < 4.78 is 0.664. The SMILES string of the molecule is O=C(O)CN(C(=O)c1ccc(Br)cc1O)C1CCCC1. The minimum Gasteiger partial charge on any atom is -0.507 e. The number of amides is 1. The van der Waals surface area contributed by atoms with E-state index in [1.165, 1.54) is 17.0 Å². The molecule has 6 heteroatoms. The molecule has 1 aliphatic rings. The van der Waals surface area contributed by atoms with Gasteiger partial charge in [-0.15, -0.1) is 0 Å². The number of rotatable bonds is 4. The van der Waals surface area contributed by atoms with Gasteiger partial charge in [0.05, 0.1) is 5.56 Å². The number of carboxylic acids is 1. The summed E-state index contributed by atoms with van der Waals surface area (Å²) in [5, 5.41) is 18.9. The van der Waals surface area contributed by atoms with Gasteiger partial charge < -0.3 is 15.1 Å². The molecule has 0 bridgehead atoms. The van der Waals surface area contributed by atoms with Gasteiger partial charge in [-0.25, -0.2) is 0 Å². The lowest BCUT2D eigenvalue weighted by Gasteiger charge is -2.27. The molecule has 0 radical (unpaired) electrons. The molecule has 1 aromatic rings. The summed E-state index contributed by atoms with van der Waals surface area (Å²) >= 11 is 3.21. The molecule has 1 amide bonds. The molecule has 1 aliphatic carbocycles. The van der Waals surface area contributed by atoms with Crippen molar-refractivity contribution in [2.75, 3.05) is 6.54 Å². The second-order valence-corrected chi connectivity index (χ2v) is 5.84. The summed E-state index contributed by atoms with van der Waals surface area (Å²) in [6.45, 7) is -0.334. The van der Waals surface area contributed by atoms with Crippen molar-refractivity contribution in [3.05, 3.63) is 28.2 Å². The Kier molecular flexibility index (Phi) is 4.65. The van der Waals surface area contributed by atoms with E-state index in [2.05, 4.69) is 15.9 Å². The molecule has 20 heavy (non-hydrogen) atoms. The Morgan fingerprint density at radius 3 is 2.50 bits per heavy atom. The van der Waals surface area contributed by atoms with Crippen molar-refractivity contribution in [1.82, 2.24) is 4.90 Å². The van der Waals surface area contributed by atoms with E-state index in [0.717, 1.165) is 25.7 Å². The Morgan fingerprint density at radius 1 is 1.30 bits per heavy atom. The van der Waals surface area contributed by atoms with E-state index in [1.54, 1.807) is 6.07 Å². The highest BCUT2D eigenvalue weighted by molar-refractivity contribution is 9.10. The summed E-state index contributed by atoms with van der Waals surface area (Å²) in [5.74, 6) is -1.61. The quantitative estimate of drug-likeness (QED) is 0.882. The first-order valence-electron chi connectivity index (χ1n) is 6.50. The van der Waals surface area contributed by atoms with Crippen molar-refractivity contribution in [1.29, 1.82) is 0 Å². The number of carbonyl (C=O) groups is 2. The van der Waals surface area contributed by atoms with Crippen LogP contribution < -0.4 is 0 Å². The highest BCUT2D eigenvalue weighted by Crippen LogP contribution is 2.28. The minimum absolute atomic E-state index is 0.0540. The predicted molar refractivity (Wildman–Crippen MR) is 76.7 cm³/mol. The summed E-state index contributed by atoms with van der Waals surface area (Å²) in [6.07, 6.45) is 3.63. The Balaban J connectivity index is 2.27. The van der Waals surface area contributed by atoms with Crippen LogP contribution in [0.4, 0.5) is 0 Å². The molecule has 0 unspecified atom stereocenters. The normalized spacial score (nSPS) is 15.2. The molecule has 0 aromatic heterocycles. The van der Waals surface area contributed by atoms with E-state index in [1.807, 2.05) is 0 Å². The molecule has 108 valence electrons. The van der Waals surface area contributed by atoms with Crippen LogP contribution in [0, 0.1) is 0 Å². The predicted octanol–water partition coefficient (Wildman–Crippen LogP) is 2.62. The standard InChI is InChI=1S/C14H16BrNO4/c15-9-5-6-11(12(17)7-9)14(20)16(8-13(18)19)10-3-1-2-4-10/h5-7,10,17H,1-4,8H2,(H,18,19). The van der Waals surface area contributed by atoms with Crippen molar-refractivity contribution in [3.8, 4) is 5.75 Å². The first kappa shape index (κ1) is 14.8. The average molecular weight is 342 g/mol. The Morgan fingerprint density at radius 2 is 1.95 bits per heavy atom. The number of carboxylic acid groups (broad SMARTS) is 1. The molecular weight excluding hydrogens is 326 g/mol. The monoisotopic (exact) mass is 341 g/mol. The molecule has 1 fully saturated rings. The maximum atomic E-state index is 12.5. The fourth-order valence-corrected chi connectivity index (χ4v) is 2.92. The van der Waals surface area contributed by atoms with Gasteiger partial charge in [-0.05, 0) is 31.0 Å². The Bertz CT molecular complexity index is 526. The molecule has 0 heterocycles. The molecule has 2 N–H and O–H groups in total. The van der Waals surface area contributed by atoms with Crippen LogP contribution in [0.3, 0.4) is 0 Å². The van der Waals surface area contributed by atoms with Crippen molar-refractivity contribution in [2.24, 2.45) is 0 Å². The molecule has 1 aromatic carbocycles. The van der Waals surface area contributed by atoms with Crippen molar-refractivity contribution >= 4 is 27.8 Å². The molecule has 2 rings (SSSR count). The third-order valence-corrected chi connectivity index (χ3v) is 4.02. The van der Waals surface area contributed by atoms with Crippen LogP contribution in [0.2, 0.25) is 0 Å². The summed E-state index contributed by atoms with van der Waals surface area (Å²) in [7, 11) is 0. The number of carbonyl (C=O) groups excluding carboxylic acids is 1. The van der Waals surface area contributed by atoms with Crippen LogP contribution in [-0.2, 0) is 4.79 Å². The maximum absolute atomic E-state index is 12.5. The van der Waals surface area contributed by atoms with Crippen LogP contribution in [-0.4, -0.2) is 39.6 Å². The van der Waals surface area contributed by atoms with Crippen molar-refractivity contribution in [2.45, 2.75) is 31.7 Å². The molecule has 5 nitrogen and oxygen atoms in total. The topological polar surface area (TPSA) is 77.8 Å². The molecule has 1 saturated carbocycles. The van der Waals surface area contributed by atoms with Gasteiger partial charge >= 0.3 is 5.97 Å². The fraction of sp³-hybridized carbons (Fsp3) is 0.429. The van der Waals surface area contributed by atoms with Gasteiger partial charge in [-0.3, -0.25) is 9.59 Å². The fourth-order valence-electron chi connectivity index (χ4n) is 2.57. The minimum atomic E-state index is -1.04. The highest BCUT2D eigenvalue weighted by Gasteiger charge is 2.30.